The van der Waals surface area contributed by atoms with Crippen molar-refractivity contribution in [3.05, 3.63) is 65.0 Å². The highest BCUT2D eigenvalue weighted by atomic mass is 19.4. The molecular weight excluding hydrogens is 384 g/mol. The molecule has 10 heteroatoms. The zero-order valence-corrected chi connectivity index (χ0v) is 14.3. The molecule has 0 aliphatic carbocycles. The Morgan fingerprint density at radius 2 is 1.79 bits per heavy atom. The predicted molar refractivity (Wildman–Crippen MR) is 89.7 cm³/mol. The number of amides is 2. The zero-order chi connectivity index (χ0) is 20.9. The van der Waals surface area contributed by atoms with Crippen molar-refractivity contribution < 1.29 is 37.0 Å². The third-order valence-electron chi connectivity index (χ3n) is 3.70. The molecule has 0 saturated heterocycles. The van der Waals surface area contributed by atoms with Crippen LogP contribution in [0.5, 0.6) is 5.75 Å². The van der Waals surface area contributed by atoms with Gasteiger partial charge in [0.15, 0.2) is 11.6 Å². The number of alkyl halides is 3. The third-order valence-corrected chi connectivity index (χ3v) is 3.70. The van der Waals surface area contributed by atoms with Crippen molar-refractivity contribution in [1.29, 1.82) is 0 Å². The summed E-state index contributed by atoms with van der Waals surface area (Å²) in [6, 6.07) is 6.11. The molecule has 0 radical (unpaired) electrons. The molecule has 0 bridgehead atoms. The number of nitrogens with two attached hydrogens (primary N) is 1. The fourth-order valence-corrected chi connectivity index (χ4v) is 2.16. The Bertz CT molecular complexity index is 854. The minimum absolute atomic E-state index is 0.140. The number of nitrogens with one attached hydrogen (secondary N) is 1. The Hall–Kier alpha value is -3.14. The van der Waals surface area contributed by atoms with Crippen molar-refractivity contribution >= 4 is 11.8 Å². The van der Waals surface area contributed by atoms with Gasteiger partial charge in [0.25, 0.3) is 5.91 Å². The van der Waals surface area contributed by atoms with Crippen molar-refractivity contribution in [1.82, 2.24) is 5.32 Å². The molecule has 2 amide bonds. The van der Waals surface area contributed by atoms with Gasteiger partial charge >= 0.3 is 6.18 Å². The maximum atomic E-state index is 14.1. The molecule has 0 spiro atoms. The zero-order valence-electron chi connectivity index (χ0n) is 14.3. The van der Waals surface area contributed by atoms with Crippen molar-refractivity contribution in [3.8, 4) is 5.75 Å². The summed E-state index contributed by atoms with van der Waals surface area (Å²) in [4.78, 5) is 23.0. The topological polar surface area (TPSA) is 102 Å². The van der Waals surface area contributed by atoms with Gasteiger partial charge in [0.1, 0.15) is 12.6 Å². The number of hydrogen-bond donors (Lipinski definition) is 3. The summed E-state index contributed by atoms with van der Waals surface area (Å²) >= 11 is 0. The summed E-state index contributed by atoms with van der Waals surface area (Å²) in [5, 5.41) is 11.1. The van der Waals surface area contributed by atoms with Crippen LogP contribution >= 0.6 is 0 Å². The standard InChI is InChI=1S/C18H16F4N2O4/c19-13-7-11(17(27)24-14(8-25)16(23)26)3-6-15(13)28-9-10-1-4-12(5-2-10)18(20,21)22/h1-7,14,25H,8-9H2,(H2,23,26)(H,24,27). The van der Waals surface area contributed by atoms with Crippen LogP contribution in [0.3, 0.4) is 0 Å². The van der Waals surface area contributed by atoms with Gasteiger partial charge in [0.2, 0.25) is 5.91 Å². The summed E-state index contributed by atoms with van der Waals surface area (Å²) in [5.41, 5.74) is 4.43. The summed E-state index contributed by atoms with van der Waals surface area (Å²) in [7, 11) is 0. The Labute approximate surface area is 156 Å². The summed E-state index contributed by atoms with van der Waals surface area (Å²) in [6.07, 6.45) is -4.45. The lowest BCUT2D eigenvalue weighted by molar-refractivity contribution is -0.137. The van der Waals surface area contributed by atoms with Crippen molar-refractivity contribution in [2.24, 2.45) is 5.73 Å². The number of rotatable bonds is 7. The van der Waals surface area contributed by atoms with Gasteiger partial charge < -0.3 is 20.9 Å². The fraction of sp³-hybridized carbons (Fsp3) is 0.222. The van der Waals surface area contributed by atoms with E-state index < -0.39 is 42.0 Å². The van der Waals surface area contributed by atoms with E-state index in [0.717, 1.165) is 24.3 Å². The van der Waals surface area contributed by atoms with E-state index in [2.05, 4.69) is 5.32 Å². The van der Waals surface area contributed by atoms with Crippen LogP contribution in [0.2, 0.25) is 0 Å². The molecule has 0 aromatic heterocycles. The largest absolute Gasteiger partial charge is 0.486 e. The number of aliphatic hydroxyl groups is 1. The first-order chi connectivity index (χ1) is 13.1. The monoisotopic (exact) mass is 400 g/mol. The number of primary amides is 1. The minimum Gasteiger partial charge on any atom is -0.486 e. The van der Waals surface area contributed by atoms with Gasteiger partial charge in [-0.2, -0.15) is 13.2 Å². The second-order valence-corrected chi connectivity index (χ2v) is 5.74. The van der Waals surface area contributed by atoms with E-state index in [-0.39, 0.29) is 17.9 Å². The highest BCUT2D eigenvalue weighted by molar-refractivity contribution is 5.97. The number of hydrogen-bond acceptors (Lipinski definition) is 4. The first-order valence-electron chi connectivity index (χ1n) is 7.91. The van der Waals surface area contributed by atoms with Crippen LogP contribution in [0.4, 0.5) is 17.6 Å². The average molecular weight is 400 g/mol. The van der Waals surface area contributed by atoms with E-state index in [1.807, 2.05) is 0 Å². The van der Waals surface area contributed by atoms with Gasteiger partial charge in [-0.25, -0.2) is 4.39 Å². The van der Waals surface area contributed by atoms with Crippen LogP contribution in [0.1, 0.15) is 21.5 Å². The van der Waals surface area contributed by atoms with Gasteiger partial charge in [-0.3, -0.25) is 9.59 Å². The summed E-state index contributed by atoms with van der Waals surface area (Å²) in [6.45, 7) is -0.896. The molecule has 6 nitrogen and oxygen atoms in total. The van der Waals surface area contributed by atoms with Crippen molar-refractivity contribution in [3.63, 3.8) is 0 Å². The molecule has 2 aromatic carbocycles. The lowest BCUT2D eigenvalue weighted by atomic mass is 10.1. The maximum Gasteiger partial charge on any atom is 0.416 e. The van der Waals surface area contributed by atoms with Gasteiger partial charge in [-0.1, -0.05) is 12.1 Å². The number of carbonyl (C=O) groups excluding carboxylic acids is 2. The van der Waals surface area contributed by atoms with Crippen molar-refractivity contribution in [2.45, 2.75) is 18.8 Å². The maximum absolute atomic E-state index is 14.1. The lowest BCUT2D eigenvalue weighted by Gasteiger charge is -2.13. The minimum atomic E-state index is -4.45. The van der Waals surface area contributed by atoms with Crippen LogP contribution in [0, 0.1) is 5.82 Å². The van der Waals surface area contributed by atoms with Crippen LogP contribution in [0.15, 0.2) is 42.5 Å². The lowest BCUT2D eigenvalue weighted by Crippen LogP contribution is -2.46. The first kappa shape index (κ1) is 21.2. The molecule has 2 rings (SSSR count). The Morgan fingerprint density at radius 1 is 1.14 bits per heavy atom. The van der Waals surface area contributed by atoms with Gasteiger partial charge in [-0.15, -0.1) is 0 Å². The SMILES string of the molecule is NC(=O)C(CO)NC(=O)c1ccc(OCc2ccc(C(F)(F)F)cc2)c(F)c1. The molecule has 2 aromatic rings. The number of aliphatic hydroxyl groups excluding tert-OH is 1. The van der Waals surface area contributed by atoms with Crippen molar-refractivity contribution in [2.75, 3.05) is 6.61 Å². The molecule has 1 unspecified atom stereocenters. The van der Waals surface area contributed by atoms with E-state index in [0.29, 0.717) is 5.56 Å². The first-order valence-corrected chi connectivity index (χ1v) is 7.91. The molecule has 1 atom stereocenters. The summed E-state index contributed by atoms with van der Waals surface area (Å²) < 4.78 is 56.9. The van der Waals surface area contributed by atoms with Crippen LogP contribution < -0.4 is 15.8 Å². The van der Waals surface area contributed by atoms with Crippen LogP contribution in [0.25, 0.3) is 0 Å². The highest BCUT2D eigenvalue weighted by Gasteiger charge is 2.29. The highest BCUT2D eigenvalue weighted by Crippen LogP contribution is 2.29. The Morgan fingerprint density at radius 3 is 2.29 bits per heavy atom. The van der Waals surface area contributed by atoms with E-state index in [9.17, 15) is 27.2 Å². The number of halogens is 4. The second kappa shape index (κ2) is 8.70. The van der Waals surface area contributed by atoms with E-state index >= 15 is 0 Å². The van der Waals surface area contributed by atoms with E-state index in [4.69, 9.17) is 15.6 Å². The second-order valence-electron chi connectivity index (χ2n) is 5.74. The molecule has 4 N–H and O–H groups in total. The molecular formula is C18H16F4N2O4. The average Bonchev–Trinajstić information content (AvgIpc) is 2.64. The summed E-state index contributed by atoms with van der Waals surface area (Å²) in [5.74, 6) is -2.89. The Balaban J connectivity index is 2.02. The van der Waals surface area contributed by atoms with E-state index in [1.54, 1.807) is 0 Å². The number of carbonyl (C=O) groups is 2. The molecule has 0 aliphatic heterocycles. The van der Waals surface area contributed by atoms with Gasteiger partial charge in [-0.05, 0) is 35.9 Å². The quantitative estimate of drug-likeness (QED) is 0.619. The van der Waals surface area contributed by atoms with Crippen LogP contribution in [-0.4, -0.2) is 29.6 Å². The smallest absolute Gasteiger partial charge is 0.416 e. The molecule has 0 aliphatic rings. The van der Waals surface area contributed by atoms with Gasteiger partial charge in [0.05, 0.1) is 12.2 Å². The molecule has 0 saturated carbocycles. The third kappa shape index (κ3) is 5.43. The van der Waals surface area contributed by atoms with Crippen LogP contribution in [-0.2, 0) is 17.6 Å². The van der Waals surface area contributed by atoms with Gasteiger partial charge in [0, 0.05) is 5.56 Å². The molecule has 0 heterocycles. The number of ether oxygens (including phenoxy) is 1. The normalized spacial score (nSPS) is 12.3. The Kier molecular flexibility index (Phi) is 6.57. The molecule has 150 valence electrons. The predicted octanol–water partition coefficient (Wildman–Crippen LogP) is 2.00. The molecule has 28 heavy (non-hydrogen) atoms. The van der Waals surface area contributed by atoms with E-state index in [1.165, 1.54) is 18.2 Å². The fourth-order valence-electron chi connectivity index (χ4n) is 2.16. The number of benzene rings is 2. The molecule has 0 fully saturated rings.